The second-order valence-electron chi connectivity index (χ2n) is 12.7. The highest BCUT2D eigenvalue weighted by atomic mass is 32.1. The van der Waals surface area contributed by atoms with Crippen LogP contribution >= 0.6 is 11.3 Å². The van der Waals surface area contributed by atoms with Gasteiger partial charge in [-0.05, 0) is 72.9 Å². The van der Waals surface area contributed by atoms with E-state index in [-0.39, 0.29) is 50.1 Å². The molecule has 244 valence electrons. The Bertz CT molecular complexity index is 1970. The highest BCUT2D eigenvalue weighted by Gasteiger charge is 2.64. The number of carbonyl (C=O) groups is 1. The van der Waals surface area contributed by atoms with Crippen LogP contribution in [0.4, 0.5) is 18.9 Å². The molecule has 5 heterocycles. The largest absolute Gasteiger partial charge is 0.483 e. The van der Waals surface area contributed by atoms with Crippen molar-refractivity contribution in [2.45, 2.75) is 61.8 Å². The second-order valence-corrected chi connectivity index (χ2v) is 13.9. The highest BCUT2D eigenvalue weighted by Crippen LogP contribution is 2.59. The van der Waals surface area contributed by atoms with Gasteiger partial charge in [-0.1, -0.05) is 0 Å². The lowest BCUT2D eigenvalue weighted by Gasteiger charge is -2.37. The number of alkyl halides is 3. The van der Waals surface area contributed by atoms with Crippen LogP contribution in [0.25, 0.3) is 21.3 Å². The Morgan fingerprint density at radius 1 is 1.19 bits per heavy atom. The van der Waals surface area contributed by atoms with Gasteiger partial charge in [-0.25, -0.2) is 4.68 Å². The fraction of sp³-hybridized carbons (Fsp3) is 0.424. The Morgan fingerprint density at radius 3 is 2.64 bits per heavy atom. The van der Waals surface area contributed by atoms with Gasteiger partial charge in [-0.15, -0.1) is 11.3 Å². The van der Waals surface area contributed by atoms with Crippen LogP contribution in [0.15, 0.2) is 47.5 Å². The van der Waals surface area contributed by atoms with E-state index in [0.717, 1.165) is 63.9 Å². The topological polar surface area (TPSA) is 144 Å². The maximum absolute atomic E-state index is 13.6. The summed E-state index contributed by atoms with van der Waals surface area (Å²) in [5, 5.41) is 34.2. The number of aliphatic hydroxyl groups excluding tert-OH is 1. The maximum Gasteiger partial charge on any atom is 0.398 e. The molecule has 0 radical (unpaired) electrons. The summed E-state index contributed by atoms with van der Waals surface area (Å²) in [6, 6.07) is 11.6. The number of halogens is 3. The summed E-state index contributed by atoms with van der Waals surface area (Å²) in [7, 11) is 0. The van der Waals surface area contributed by atoms with Crippen LogP contribution in [-0.2, 0) is 16.8 Å². The summed E-state index contributed by atoms with van der Waals surface area (Å²) in [4.78, 5) is 29.1. The number of hydrogen-bond donors (Lipinski definition) is 3. The minimum absolute atomic E-state index is 0.0266. The number of nitrogens with zero attached hydrogens (tertiary/aromatic N) is 5. The smallest absolute Gasteiger partial charge is 0.398 e. The van der Waals surface area contributed by atoms with Crippen molar-refractivity contribution in [2.75, 3.05) is 24.6 Å². The molecule has 3 N–H and O–H groups in total. The number of hydrogen-bond acceptors (Lipinski definition) is 9. The molecule has 47 heavy (non-hydrogen) atoms. The molecule has 3 fully saturated rings. The Morgan fingerprint density at radius 2 is 1.98 bits per heavy atom. The van der Waals surface area contributed by atoms with Crippen molar-refractivity contribution in [3.8, 4) is 17.2 Å². The Kier molecular flexibility index (Phi) is 7.81. The summed E-state index contributed by atoms with van der Waals surface area (Å²) in [6.45, 7) is 1.67. The minimum atomic E-state index is -4.41. The highest BCUT2D eigenvalue weighted by molar-refractivity contribution is 7.19. The van der Waals surface area contributed by atoms with Gasteiger partial charge in [-0.3, -0.25) is 14.6 Å². The fourth-order valence-electron chi connectivity index (χ4n) is 7.31. The maximum atomic E-state index is 13.6. The number of rotatable bonds is 6. The van der Waals surface area contributed by atoms with Crippen molar-refractivity contribution in [1.29, 1.82) is 5.26 Å². The van der Waals surface area contributed by atoms with E-state index in [2.05, 4.69) is 26.4 Å². The quantitative estimate of drug-likeness (QED) is 0.256. The lowest BCUT2D eigenvalue weighted by molar-refractivity contribution is -0.160. The van der Waals surface area contributed by atoms with E-state index in [1.54, 1.807) is 6.20 Å². The zero-order chi connectivity index (χ0) is 33.1. The number of benzene rings is 1. The first-order valence-electron chi connectivity index (χ1n) is 15.4. The van der Waals surface area contributed by atoms with Crippen molar-refractivity contribution < 1.29 is 28.2 Å². The molecule has 2 aliphatic carbocycles. The molecular formula is C33H31F3N6O4S. The molecule has 2 aliphatic heterocycles. The van der Waals surface area contributed by atoms with E-state index < -0.39 is 17.2 Å². The molecular weight excluding hydrogens is 633 g/mol. The third-order valence-electron chi connectivity index (χ3n) is 9.94. The lowest BCUT2D eigenvalue weighted by atomic mass is 9.90. The summed E-state index contributed by atoms with van der Waals surface area (Å²) in [5.41, 5.74) is 3.02. The molecule has 0 unspecified atom stereocenters. The Labute approximate surface area is 271 Å². The molecule has 4 aliphatic rings. The van der Waals surface area contributed by atoms with Gasteiger partial charge in [0.25, 0.3) is 12.0 Å². The van der Waals surface area contributed by atoms with Gasteiger partial charge >= 0.3 is 6.18 Å². The van der Waals surface area contributed by atoms with Crippen molar-refractivity contribution >= 4 is 33.7 Å². The normalized spacial score (nSPS) is 23.7. The van der Waals surface area contributed by atoms with E-state index in [1.807, 2.05) is 24.3 Å². The first kappa shape index (κ1) is 31.3. The number of nitrogens with one attached hydrogen (secondary N) is 1. The van der Waals surface area contributed by atoms with Gasteiger partial charge in [-0.2, -0.15) is 23.5 Å². The van der Waals surface area contributed by atoms with Crippen LogP contribution < -0.4 is 15.8 Å². The van der Waals surface area contributed by atoms with Gasteiger partial charge in [0, 0.05) is 59.1 Å². The van der Waals surface area contributed by atoms with Crippen molar-refractivity contribution in [3.63, 3.8) is 0 Å². The SMILES string of the molecule is N#Cc1cc(-c2ccnc3cc(Cn4ncc(C5(C(F)(F)F)CC5)cc4=O)sc23)c2c(c1)[C@@H]1C[C@@H]1CN2[C@@H]1CN[C@@H](CO)C1.O=CO. The summed E-state index contributed by atoms with van der Waals surface area (Å²) < 4.78 is 42.9. The van der Waals surface area contributed by atoms with Gasteiger partial charge in [0.1, 0.15) is 0 Å². The second kappa shape index (κ2) is 11.7. The minimum Gasteiger partial charge on any atom is -0.483 e. The van der Waals surface area contributed by atoms with Crippen molar-refractivity contribution in [3.05, 3.63) is 74.6 Å². The average molecular weight is 665 g/mol. The van der Waals surface area contributed by atoms with Crippen LogP contribution in [-0.4, -0.2) is 69.4 Å². The molecule has 1 saturated heterocycles. The number of fused-ring (bicyclic) bond motifs is 4. The molecule has 4 atom stereocenters. The van der Waals surface area contributed by atoms with Crippen LogP contribution in [0.3, 0.4) is 0 Å². The van der Waals surface area contributed by atoms with Crippen LogP contribution in [0.2, 0.25) is 0 Å². The molecule has 0 bridgehead atoms. The number of pyridine rings is 1. The predicted molar refractivity (Wildman–Crippen MR) is 169 cm³/mol. The molecule has 2 saturated carbocycles. The summed E-state index contributed by atoms with van der Waals surface area (Å²) in [6.07, 6.45) is 0.401. The zero-order valence-electron chi connectivity index (χ0n) is 25.1. The van der Waals surface area contributed by atoms with E-state index >= 15 is 0 Å². The van der Waals surface area contributed by atoms with E-state index in [9.17, 15) is 28.3 Å². The molecule has 0 spiro atoms. The number of nitriles is 1. The molecule has 10 nitrogen and oxygen atoms in total. The Balaban J connectivity index is 0.00000113. The summed E-state index contributed by atoms with van der Waals surface area (Å²) >= 11 is 1.47. The van der Waals surface area contributed by atoms with Crippen LogP contribution in [0, 0.1) is 17.2 Å². The molecule has 14 heteroatoms. The van der Waals surface area contributed by atoms with Gasteiger partial charge in [0.05, 0.1) is 46.6 Å². The van der Waals surface area contributed by atoms with Gasteiger partial charge < -0.3 is 20.4 Å². The number of aliphatic hydroxyl groups is 1. The third-order valence-corrected chi connectivity index (χ3v) is 11.1. The number of thiophene rings is 1. The molecule has 0 amide bonds. The van der Waals surface area contributed by atoms with E-state index in [1.165, 1.54) is 27.8 Å². The molecule has 3 aromatic heterocycles. The van der Waals surface area contributed by atoms with E-state index in [4.69, 9.17) is 9.90 Å². The predicted octanol–water partition coefficient (Wildman–Crippen LogP) is 4.38. The van der Waals surface area contributed by atoms with Crippen molar-refractivity contribution in [1.82, 2.24) is 20.1 Å². The van der Waals surface area contributed by atoms with Gasteiger partial charge in [0.2, 0.25) is 0 Å². The lowest BCUT2D eigenvalue weighted by Crippen LogP contribution is -2.41. The molecule has 8 rings (SSSR count). The average Bonchev–Trinajstić information content (AvgIpc) is 3.94. The van der Waals surface area contributed by atoms with Crippen molar-refractivity contribution in [2.24, 2.45) is 5.92 Å². The first-order valence-corrected chi connectivity index (χ1v) is 16.2. The third kappa shape index (κ3) is 5.46. The molecule has 1 aromatic carbocycles. The summed E-state index contributed by atoms with van der Waals surface area (Å²) in [5.74, 6) is 0.993. The van der Waals surface area contributed by atoms with E-state index in [0.29, 0.717) is 17.4 Å². The zero-order valence-corrected chi connectivity index (χ0v) is 25.9. The fourth-order valence-corrected chi connectivity index (χ4v) is 8.43. The molecule has 4 aromatic rings. The van der Waals surface area contributed by atoms with Crippen LogP contribution in [0.1, 0.15) is 53.2 Å². The number of aromatic nitrogens is 3. The first-order chi connectivity index (χ1) is 22.6. The van der Waals surface area contributed by atoms with Gasteiger partial charge in [0.15, 0.2) is 0 Å². The Hall–Kier alpha value is -4.32. The standard InChI is InChI=1S/C32H29F3N6O2S.CH2O2/c33-32(34,35)31(2-3-31)19-8-28(43)41(39-12-19)15-22-10-27-30(44-22)23(1-4-37-27)25-5-17(11-36)6-26-24-7-18(24)14-40(29(25)26)21-9-20(16-42)38-13-21;2-1-3/h1,4-6,8,10,12,18,20-21,24,38,42H,2-3,7,9,13-16H2;1H,(H,2,3)/t18-,20-,21+,24-;/m1./s1. The number of anilines is 1. The monoisotopic (exact) mass is 664 g/mol. The number of carboxylic acid groups (broad SMARTS) is 1. The van der Waals surface area contributed by atoms with Crippen LogP contribution in [0.5, 0.6) is 0 Å².